The van der Waals surface area contributed by atoms with Crippen LogP contribution >= 0.6 is 0 Å². The van der Waals surface area contributed by atoms with Gasteiger partial charge in [-0.25, -0.2) is 0 Å². The first-order valence-electron chi connectivity index (χ1n) is 25.9. The summed E-state index contributed by atoms with van der Waals surface area (Å²) in [5, 5.41) is 0. The van der Waals surface area contributed by atoms with Crippen LogP contribution in [0, 0.1) is 0 Å². The van der Waals surface area contributed by atoms with Crippen molar-refractivity contribution in [1.29, 1.82) is 0 Å². The van der Waals surface area contributed by atoms with Crippen molar-refractivity contribution in [2.75, 3.05) is 0 Å². The minimum absolute atomic E-state index is 0.733. The van der Waals surface area contributed by atoms with Gasteiger partial charge in [-0.05, 0) is 126 Å². The molecule has 0 bridgehead atoms. The lowest BCUT2D eigenvalue weighted by Crippen LogP contribution is -2.30. The van der Waals surface area contributed by atoms with E-state index in [-0.39, 0.29) is 0 Å². The van der Waals surface area contributed by atoms with Crippen LogP contribution in [0.1, 0.15) is 67.3 Å². The van der Waals surface area contributed by atoms with Gasteiger partial charge in [0.2, 0.25) is 0 Å². The molecule has 4 heterocycles. The summed E-state index contributed by atoms with van der Waals surface area (Å²) in [7, 11) is 0. The van der Waals surface area contributed by atoms with E-state index in [2.05, 4.69) is 243 Å². The molecule has 0 spiro atoms. The second-order valence-electron chi connectivity index (χ2n) is 19.6. The first-order chi connectivity index (χ1) is 37.7. The van der Waals surface area contributed by atoms with E-state index in [9.17, 15) is 0 Å². The van der Waals surface area contributed by atoms with Crippen molar-refractivity contribution in [1.82, 2.24) is 19.9 Å². The number of rotatable bonds is 10. The van der Waals surface area contributed by atoms with E-state index in [1.165, 1.54) is 44.5 Å². The normalized spacial score (nSPS) is 13.2. The molecule has 0 radical (unpaired) electrons. The van der Waals surface area contributed by atoms with E-state index in [0.29, 0.717) is 0 Å². The van der Waals surface area contributed by atoms with E-state index >= 15 is 0 Å². The van der Waals surface area contributed by atoms with Crippen molar-refractivity contribution in [3.05, 3.63) is 359 Å². The number of aromatic nitrogens is 4. The molecule has 76 heavy (non-hydrogen) atoms. The molecule has 2 aliphatic rings. The molecule has 4 heteroatoms. The molecular formula is C72H48N4. The smallest absolute Gasteiger partial charge is 0.0886 e. The molecule has 0 unspecified atom stereocenters. The van der Waals surface area contributed by atoms with Crippen molar-refractivity contribution in [2.24, 2.45) is 0 Å². The Labute approximate surface area is 443 Å². The third-order valence-electron chi connectivity index (χ3n) is 15.7. The average Bonchev–Trinajstić information content (AvgIpc) is 4.02. The molecule has 0 aliphatic heterocycles. The summed E-state index contributed by atoms with van der Waals surface area (Å²) >= 11 is 0. The van der Waals surface area contributed by atoms with Crippen LogP contribution in [0.2, 0.25) is 0 Å². The molecule has 356 valence electrons. The van der Waals surface area contributed by atoms with Crippen molar-refractivity contribution in [3.8, 4) is 44.5 Å². The molecule has 0 N–H and O–H groups in total. The zero-order chi connectivity index (χ0) is 50.5. The first kappa shape index (κ1) is 44.8. The fourth-order valence-corrected chi connectivity index (χ4v) is 12.5. The largest absolute Gasteiger partial charge is 0.260 e. The fraction of sp³-hybridized carbons (Fsp3) is 0.0278. The summed E-state index contributed by atoms with van der Waals surface area (Å²) in [6.07, 6.45) is 7.84. The van der Waals surface area contributed by atoms with Gasteiger partial charge in [-0.1, -0.05) is 218 Å². The van der Waals surface area contributed by atoms with Crippen LogP contribution in [0.4, 0.5) is 0 Å². The van der Waals surface area contributed by atoms with Gasteiger partial charge in [-0.15, -0.1) is 0 Å². The van der Waals surface area contributed by atoms with Crippen LogP contribution in [0.5, 0.6) is 0 Å². The zero-order valence-corrected chi connectivity index (χ0v) is 41.5. The van der Waals surface area contributed by atoms with Gasteiger partial charge in [0.05, 0.1) is 33.6 Å². The lowest BCUT2D eigenvalue weighted by atomic mass is 9.68. The molecule has 14 rings (SSSR count). The maximum absolute atomic E-state index is 5.41. The first-order valence-corrected chi connectivity index (χ1v) is 25.9. The van der Waals surface area contributed by atoms with Gasteiger partial charge in [-0.3, -0.25) is 19.9 Å². The highest BCUT2D eigenvalue weighted by Gasteiger charge is 2.49. The van der Waals surface area contributed by atoms with Gasteiger partial charge < -0.3 is 0 Å². The van der Waals surface area contributed by atoms with Crippen molar-refractivity contribution in [2.45, 2.75) is 10.8 Å². The van der Waals surface area contributed by atoms with Crippen LogP contribution < -0.4 is 0 Å². The topological polar surface area (TPSA) is 51.6 Å². The fourth-order valence-electron chi connectivity index (χ4n) is 12.5. The number of nitrogens with zero attached hydrogens (tertiary/aromatic N) is 4. The summed E-state index contributed by atoms with van der Waals surface area (Å²) in [5.41, 5.74) is 22.1. The summed E-state index contributed by atoms with van der Waals surface area (Å²) in [6.45, 7) is 0. The SMILES string of the molecule is c1ccc(-c2ccc(C(=C(c3cccc(C4(c5ccccn5)c5ccccc5-c5ccccc54)c3)c3cccc(C4(c5ccccn5)c5ccccc5-c5ccccc54)c3)c3ccc(-c4ccccc4)cn3)nc2)cc1. The Bertz CT molecular complexity index is 3770. The second-order valence-corrected chi connectivity index (χ2v) is 19.6. The molecule has 0 atom stereocenters. The van der Waals surface area contributed by atoms with Crippen molar-refractivity contribution in [3.63, 3.8) is 0 Å². The zero-order valence-electron chi connectivity index (χ0n) is 41.5. The summed E-state index contributed by atoms with van der Waals surface area (Å²) in [6, 6.07) is 95.9. The van der Waals surface area contributed by atoms with Crippen molar-refractivity contribution >= 4 is 11.1 Å². The van der Waals surface area contributed by atoms with E-state index in [1.54, 1.807) is 0 Å². The Morgan fingerprint density at radius 1 is 0.263 bits per heavy atom. The molecule has 4 aromatic heterocycles. The van der Waals surface area contributed by atoms with Gasteiger partial charge in [0.15, 0.2) is 0 Å². The number of pyridine rings is 4. The van der Waals surface area contributed by atoms with E-state index in [1.807, 2.05) is 49.1 Å². The lowest BCUT2D eigenvalue weighted by molar-refractivity contribution is 0.734. The lowest BCUT2D eigenvalue weighted by Gasteiger charge is -2.34. The number of hydrogen-bond donors (Lipinski definition) is 0. The Kier molecular flexibility index (Phi) is 10.9. The maximum Gasteiger partial charge on any atom is 0.0886 e. The summed E-state index contributed by atoms with van der Waals surface area (Å²) in [5.74, 6) is 0. The van der Waals surface area contributed by atoms with Gasteiger partial charge in [0.1, 0.15) is 0 Å². The summed E-state index contributed by atoms with van der Waals surface area (Å²) in [4.78, 5) is 21.3. The third kappa shape index (κ3) is 7.06. The molecule has 8 aromatic carbocycles. The van der Waals surface area contributed by atoms with Crippen LogP contribution in [0.15, 0.2) is 292 Å². The van der Waals surface area contributed by atoms with Gasteiger partial charge >= 0.3 is 0 Å². The van der Waals surface area contributed by atoms with Gasteiger partial charge in [0.25, 0.3) is 0 Å². The predicted molar refractivity (Wildman–Crippen MR) is 307 cm³/mol. The molecule has 0 amide bonds. The Hall–Kier alpha value is -9.90. The van der Waals surface area contributed by atoms with Crippen molar-refractivity contribution < 1.29 is 0 Å². The van der Waals surface area contributed by atoms with Gasteiger partial charge in [-0.2, -0.15) is 0 Å². The molecule has 0 saturated carbocycles. The molecule has 0 fully saturated rings. The summed E-state index contributed by atoms with van der Waals surface area (Å²) < 4.78 is 0. The highest BCUT2D eigenvalue weighted by Crippen LogP contribution is 2.58. The van der Waals surface area contributed by atoms with Crippen LogP contribution in [-0.4, -0.2) is 19.9 Å². The highest BCUT2D eigenvalue weighted by atomic mass is 14.7. The number of fused-ring (bicyclic) bond motifs is 6. The van der Waals surface area contributed by atoms with E-state index < -0.39 is 10.8 Å². The van der Waals surface area contributed by atoms with E-state index in [4.69, 9.17) is 19.9 Å². The standard InChI is InChI=1S/C72H48N4/c1-3-21-49(22-4-1)53-39-41-65(75-47-53)70(66-42-40-54(48-76-66)50-23-5-2-6-24-50)69(51-25-19-27-55(45-51)71(67-37-15-17-43-73-67)61-33-11-7-29-57(61)58-30-8-12-34-62(58)71)52-26-20-28-56(46-52)72(68-38-16-18-44-74-68)63-35-13-9-31-59(63)60-32-10-14-36-64(60)72/h1-48H. The Balaban J connectivity index is 1.08. The molecular weight excluding hydrogens is 921 g/mol. The second kappa shape index (κ2) is 18.5. The molecule has 12 aromatic rings. The highest BCUT2D eigenvalue weighted by molar-refractivity contribution is 6.04. The molecule has 2 aliphatic carbocycles. The maximum atomic E-state index is 5.41. The Morgan fingerprint density at radius 2 is 0.632 bits per heavy atom. The van der Waals surface area contributed by atoms with E-state index in [0.717, 1.165) is 78.4 Å². The minimum Gasteiger partial charge on any atom is -0.260 e. The number of benzene rings is 8. The number of hydrogen-bond acceptors (Lipinski definition) is 4. The minimum atomic E-state index is -0.733. The van der Waals surface area contributed by atoms with Gasteiger partial charge in [0, 0.05) is 47.1 Å². The average molecular weight is 969 g/mol. The van der Waals surface area contributed by atoms with Crippen LogP contribution in [-0.2, 0) is 10.8 Å². The molecule has 0 saturated heterocycles. The van der Waals surface area contributed by atoms with Crippen LogP contribution in [0.3, 0.4) is 0 Å². The predicted octanol–water partition coefficient (Wildman–Crippen LogP) is 16.3. The monoisotopic (exact) mass is 968 g/mol. The quantitative estimate of drug-likeness (QED) is 0.137. The molecule has 4 nitrogen and oxygen atoms in total. The van der Waals surface area contributed by atoms with Crippen LogP contribution in [0.25, 0.3) is 55.7 Å². The third-order valence-corrected chi connectivity index (χ3v) is 15.7. The Morgan fingerprint density at radius 3 is 0.987 bits per heavy atom.